The van der Waals surface area contributed by atoms with E-state index in [-0.39, 0.29) is 16.5 Å². The number of hydrogen-bond acceptors (Lipinski definition) is 7. The predicted octanol–water partition coefficient (Wildman–Crippen LogP) is 4.64. The van der Waals surface area contributed by atoms with Gasteiger partial charge in [-0.25, -0.2) is 18.4 Å². The second-order valence-electron chi connectivity index (χ2n) is 7.43. The Balaban J connectivity index is 1.47. The van der Waals surface area contributed by atoms with Gasteiger partial charge in [0.2, 0.25) is 0 Å². The number of rotatable bonds is 8. The maximum atomic E-state index is 12.9. The molecule has 0 bridgehead atoms. The fourth-order valence-electron chi connectivity index (χ4n) is 3.16. The van der Waals surface area contributed by atoms with Crippen LogP contribution in [0.25, 0.3) is 0 Å². The topological polar surface area (TPSA) is 120 Å². The van der Waals surface area contributed by atoms with Crippen LogP contribution >= 0.6 is 0 Å². The molecule has 0 fully saturated rings. The molecule has 178 valence electrons. The Morgan fingerprint density at radius 1 is 0.886 bits per heavy atom. The zero-order valence-electron chi connectivity index (χ0n) is 18.9. The zero-order chi connectivity index (χ0) is 24.8. The van der Waals surface area contributed by atoms with Crippen LogP contribution < -0.4 is 19.5 Å². The van der Waals surface area contributed by atoms with Crippen LogP contribution in [0.2, 0.25) is 0 Å². The third-order valence-electron chi connectivity index (χ3n) is 4.95. The highest BCUT2D eigenvalue weighted by atomic mass is 32.2. The molecule has 2 N–H and O–H groups in total. The van der Waals surface area contributed by atoms with Crippen LogP contribution in [0.4, 0.5) is 11.4 Å². The Morgan fingerprint density at radius 2 is 1.60 bits per heavy atom. The molecule has 0 aliphatic carbocycles. The quantitative estimate of drug-likeness (QED) is 0.369. The van der Waals surface area contributed by atoms with Gasteiger partial charge < -0.3 is 14.8 Å². The first kappa shape index (κ1) is 23.7. The molecule has 0 radical (unpaired) electrons. The Kier molecular flexibility index (Phi) is 6.93. The Labute approximate surface area is 202 Å². The molecule has 1 heterocycles. The molecule has 4 rings (SSSR count). The summed E-state index contributed by atoms with van der Waals surface area (Å²) < 4.78 is 38.8. The van der Waals surface area contributed by atoms with Gasteiger partial charge in [-0.05, 0) is 79.2 Å². The third kappa shape index (κ3) is 5.92. The summed E-state index contributed by atoms with van der Waals surface area (Å²) >= 11 is 0. The molecule has 4 aromatic rings. The van der Waals surface area contributed by atoms with Gasteiger partial charge in [-0.15, -0.1) is 0 Å². The number of anilines is 2. The summed E-state index contributed by atoms with van der Waals surface area (Å²) in [6.07, 6.45) is 3.15. The van der Waals surface area contributed by atoms with Crippen molar-refractivity contribution in [1.29, 1.82) is 0 Å². The van der Waals surface area contributed by atoms with Crippen LogP contribution in [0.1, 0.15) is 15.9 Å². The molecular weight excluding hydrogens is 468 g/mol. The molecule has 10 heteroatoms. The molecule has 35 heavy (non-hydrogen) atoms. The molecule has 3 aromatic carbocycles. The van der Waals surface area contributed by atoms with Gasteiger partial charge in [0.25, 0.3) is 15.9 Å². The molecule has 1 aromatic heterocycles. The number of carbonyl (C=O) groups excluding carboxylic acids is 1. The van der Waals surface area contributed by atoms with E-state index < -0.39 is 15.9 Å². The minimum absolute atomic E-state index is 0.0377. The molecule has 0 spiro atoms. The van der Waals surface area contributed by atoms with Crippen molar-refractivity contribution in [1.82, 2.24) is 9.97 Å². The fraction of sp³-hybridized carbons (Fsp3) is 0.0800. The van der Waals surface area contributed by atoms with Gasteiger partial charge in [0.1, 0.15) is 11.5 Å². The third-order valence-corrected chi connectivity index (χ3v) is 6.33. The first-order valence-electron chi connectivity index (χ1n) is 10.5. The van der Waals surface area contributed by atoms with Crippen LogP contribution in [-0.4, -0.2) is 31.4 Å². The van der Waals surface area contributed by atoms with E-state index in [1.165, 1.54) is 25.3 Å². The number of hydrogen-bond donors (Lipinski definition) is 2. The van der Waals surface area contributed by atoms with Crippen LogP contribution in [-0.2, 0) is 10.0 Å². The zero-order valence-corrected chi connectivity index (χ0v) is 19.7. The highest BCUT2D eigenvalue weighted by molar-refractivity contribution is 7.92. The van der Waals surface area contributed by atoms with E-state index in [4.69, 9.17) is 9.47 Å². The van der Waals surface area contributed by atoms with Crippen LogP contribution in [0.5, 0.6) is 17.5 Å². The number of aryl methyl sites for hydroxylation is 1. The van der Waals surface area contributed by atoms with Crippen molar-refractivity contribution >= 4 is 27.3 Å². The summed E-state index contributed by atoms with van der Waals surface area (Å²) in [5.41, 5.74) is 1.87. The van der Waals surface area contributed by atoms with Gasteiger partial charge in [-0.1, -0.05) is 6.07 Å². The summed E-state index contributed by atoms with van der Waals surface area (Å²) in [6, 6.07) is 19.3. The maximum Gasteiger partial charge on any atom is 0.321 e. The summed E-state index contributed by atoms with van der Waals surface area (Å²) in [4.78, 5) is 20.8. The summed E-state index contributed by atoms with van der Waals surface area (Å²) in [5.74, 6) is 0.675. The number of ether oxygens (including phenoxy) is 2. The number of benzene rings is 3. The SMILES string of the molecule is COc1ccc(NS(=O)(=O)c2cccc(C(=O)Nc3ccc(Oc4ncccn4)cc3C)c2)cc1. The molecule has 9 nitrogen and oxygen atoms in total. The Bertz CT molecular complexity index is 1440. The summed E-state index contributed by atoms with van der Waals surface area (Å²) in [7, 11) is -2.38. The van der Waals surface area contributed by atoms with Crippen molar-refractivity contribution in [2.75, 3.05) is 17.1 Å². The van der Waals surface area contributed by atoms with Crippen molar-refractivity contribution in [3.63, 3.8) is 0 Å². The lowest BCUT2D eigenvalue weighted by Crippen LogP contribution is -2.16. The number of sulfonamides is 1. The monoisotopic (exact) mass is 490 g/mol. The van der Waals surface area contributed by atoms with Crippen molar-refractivity contribution in [2.45, 2.75) is 11.8 Å². The lowest BCUT2D eigenvalue weighted by molar-refractivity contribution is 0.102. The number of amides is 1. The normalized spacial score (nSPS) is 10.9. The second kappa shape index (κ2) is 10.2. The van der Waals surface area contributed by atoms with Gasteiger partial charge in [-0.3, -0.25) is 9.52 Å². The van der Waals surface area contributed by atoms with E-state index in [1.54, 1.807) is 67.0 Å². The van der Waals surface area contributed by atoms with E-state index in [1.807, 2.05) is 6.92 Å². The number of nitrogens with one attached hydrogen (secondary N) is 2. The summed E-state index contributed by atoms with van der Waals surface area (Å²) in [6.45, 7) is 1.81. The molecule has 1 amide bonds. The lowest BCUT2D eigenvalue weighted by atomic mass is 10.1. The molecule has 0 saturated carbocycles. The maximum absolute atomic E-state index is 12.9. The van der Waals surface area contributed by atoms with Crippen LogP contribution in [0, 0.1) is 6.92 Å². The van der Waals surface area contributed by atoms with Gasteiger partial charge in [0.05, 0.1) is 12.0 Å². The van der Waals surface area contributed by atoms with Crippen molar-refractivity contribution in [2.24, 2.45) is 0 Å². The number of methoxy groups -OCH3 is 1. The average molecular weight is 491 g/mol. The highest BCUT2D eigenvalue weighted by Gasteiger charge is 2.17. The largest absolute Gasteiger partial charge is 0.497 e. The minimum Gasteiger partial charge on any atom is -0.497 e. The van der Waals surface area contributed by atoms with Gasteiger partial charge in [0, 0.05) is 29.3 Å². The van der Waals surface area contributed by atoms with E-state index in [0.29, 0.717) is 22.9 Å². The standard InChI is InChI=1S/C25H22N4O5S/c1-17-15-21(34-25-26-13-4-14-27-25)11-12-23(17)28-24(30)18-5-3-6-22(16-18)35(31,32)29-19-7-9-20(33-2)10-8-19/h3-16,29H,1-2H3,(H,28,30). The molecule has 0 aliphatic rings. The van der Waals surface area contributed by atoms with Gasteiger partial charge >= 0.3 is 6.01 Å². The molecule has 0 aliphatic heterocycles. The Hall–Kier alpha value is -4.44. The first-order chi connectivity index (χ1) is 16.8. The second-order valence-corrected chi connectivity index (χ2v) is 9.11. The van der Waals surface area contributed by atoms with Gasteiger partial charge in [0.15, 0.2) is 0 Å². The lowest BCUT2D eigenvalue weighted by Gasteiger charge is -2.12. The molecule has 0 atom stereocenters. The highest BCUT2D eigenvalue weighted by Crippen LogP contribution is 2.25. The fourth-order valence-corrected chi connectivity index (χ4v) is 4.26. The van der Waals surface area contributed by atoms with E-state index >= 15 is 0 Å². The van der Waals surface area contributed by atoms with E-state index in [2.05, 4.69) is 20.0 Å². The summed E-state index contributed by atoms with van der Waals surface area (Å²) in [5, 5.41) is 2.80. The molecule has 0 saturated heterocycles. The molecular formula is C25H22N4O5S. The number of nitrogens with zero attached hydrogens (tertiary/aromatic N) is 2. The molecule has 0 unspecified atom stereocenters. The Morgan fingerprint density at radius 3 is 2.29 bits per heavy atom. The number of aromatic nitrogens is 2. The van der Waals surface area contributed by atoms with Crippen LogP contribution in [0.15, 0.2) is 90.1 Å². The van der Waals surface area contributed by atoms with Crippen LogP contribution in [0.3, 0.4) is 0 Å². The smallest absolute Gasteiger partial charge is 0.321 e. The van der Waals surface area contributed by atoms with E-state index in [0.717, 1.165) is 5.56 Å². The average Bonchev–Trinajstić information content (AvgIpc) is 2.86. The van der Waals surface area contributed by atoms with E-state index in [9.17, 15) is 13.2 Å². The van der Waals surface area contributed by atoms with Crippen molar-refractivity contribution in [3.05, 3.63) is 96.3 Å². The number of carbonyl (C=O) groups is 1. The first-order valence-corrected chi connectivity index (χ1v) is 12.0. The van der Waals surface area contributed by atoms with Crippen molar-refractivity contribution < 1.29 is 22.7 Å². The van der Waals surface area contributed by atoms with Gasteiger partial charge in [-0.2, -0.15) is 0 Å². The van der Waals surface area contributed by atoms with Crippen molar-refractivity contribution in [3.8, 4) is 17.5 Å². The minimum atomic E-state index is -3.90. The predicted molar refractivity (Wildman–Crippen MR) is 131 cm³/mol.